The van der Waals surface area contributed by atoms with E-state index in [1.165, 1.54) is 59.5 Å². The number of benzene rings is 1. The molecule has 35 heteroatoms. The number of alkyl carbamates (subject to hydrolysis) is 1. The SMILES string of the molecule is C.CNC(=O)OC(CCCC(=O)N(CCCCCCSC1CC(=O)N(CCC(=O)CCCNC(=O)CN(CCOCCOC)C(=O)COCCOC)C1=O)CCCCCCSC1CC(=O)N(CCC(=O)CCCNC(=O)CN(CCOCCOC)C(=O)COCCOC)C1=O)c1ccc(OC(=O)N(C)CCCN(C)C)cc1. The Morgan fingerprint density at radius 2 is 0.929 bits per heavy atom. The zero-order valence-corrected chi connectivity index (χ0v) is 68.5. The van der Waals surface area contributed by atoms with Crippen LogP contribution in [0.4, 0.5) is 9.59 Å². The minimum atomic E-state index is -0.705. The molecule has 1 aromatic rings. The van der Waals surface area contributed by atoms with E-state index < -0.39 is 52.4 Å². The van der Waals surface area contributed by atoms with E-state index in [2.05, 4.69) is 16.0 Å². The van der Waals surface area contributed by atoms with Crippen LogP contribution in [0.1, 0.15) is 148 Å². The summed E-state index contributed by atoms with van der Waals surface area (Å²) in [5.74, 6) is -1.67. The number of carbonyl (C=O) groups excluding carboxylic acids is 13. The molecule has 0 radical (unpaired) electrons. The molecule has 2 saturated heterocycles. The van der Waals surface area contributed by atoms with Crippen LogP contribution in [0.15, 0.2) is 24.3 Å². The number of nitrogens with one attached hydrogen (secondary N) is 3. The molecule has 0 bridgehead atoms. The minimum absolute atomic E-state index is 0. The molecule has 2 heterocycles. The van der Waals surface area contributed by atoms with Crippen LogP contribution >= 0.6 is 23.5 Å². The van der Waals surface area contributed by atoms with E-state index in [1.54, 1.807) is 45.5 Å². The molecule has 3 N–H and O–H groups in total. The summed E-state index contributed by atoms with van der Waals surface area (Å²) in [6.45, 7) is 4.90. The van der Waals surface area contributed by atoms with Crippen molar-refractivity contribution in [1.82, 2.24) is 50.2 Å². The lowest BCUT2D eigenvalue weighted by atomic mass is 10.0. The maximum absolute atomic E-state index is 14.1. The van der Waals surface area contributed by atoms with Gasteiger partial charge in [-0.15, -0.1) is 23.5 Å². The largest absolute Gasteiger partial charge is 0.441 e. The van der Waals surface area contributed by atoms with Crippen LogP contribution in [0.25, 0.3) is 0 Å². The van der Waals surface area contributed by atoms with Gasteiger partial charge in [-0.25, -0.2) is 9.59 Å². The molecular weight excluding hydrogens is 1500 g/mol. The Morgan fingerprint density at radius 1 is 0.482 bits per heavy atom. The molecular formula is C77H130N10O23S2. The zero-order valence-electron chi connectivity index (χ0n) is 66.9. The van der Waals surface area contributed by atoms with Crippen LogP contribution in [0.3, 0.4) is 0 Å². The first-order valence-corrected chi connectivity index (χ1v) is 40.8. The summed E-state index contributed by atoms with van der Waals surface area (Å²) < 4.78 is 52.9. The lowest BCUT2D eigenvalue weighted by Gasteiger charge is -2.24. The highest BCUT2D eigenvalue weighted by atomic mass is 32.2. The van der Waals surface area contributed by atoms with Gasteiger partial charge >= 0.3 is 12.2 Å². The van der Waals surface area contributed by atoms with E-state index in [9.17, 15) is 62.3 Å². The van der Waals surface area contributed by atoms with Crippen LogP contribution < -0.4 is 20.7 Å². The normalized spacial score (nSPS) is 14.3. The summed E-state index contributed by atoms with van der Waals surface area (Å²) in [7, 11) is 13.2. The van der Waals surface area contributed by atoms with Gasteiger partial charge in [0.25, 0.3) is 0 Å². The average molecular weight is 1630 g/mol. The zero-order chi connectivity index (χ0) is 81.4. The average Bonchev–Trinajstić information content (AvgIpc) is 1.73. The van der Waals surface area contributed by atoms with E-state index in [1.807, 2.05) is 23.9 Å². The lowest BCUT2D eigenvalue weighted by molar-refractivity contribution is -0.141. The third-order valence-electron chi connectivity index (χ3n) is 17.9. The highest BCUT2D eigenvalue weighted by Crippen LogP contribution is 2.30. The van der Waals surface area contributed by atoms with Crippen LogP contribution in [-0.2, 0) is 95.4 Å². The molecule has 0 saturated carbocycles. The van der Waals surface area contributed by atoms with Gasteiger partial charge in [0.2, 0.25) is 53.2 Å². The third-order valence-corrected chi connectivity index (χ3v) is 20.5. The highest BCUT2D eigenvalue weighted by molar-refractivity contribution is 8.00. The van der Waals surface area contributed by atoms with Crippen LogP contribution in [0, 0.1) is 0 Å². The summed E-state index contributed by atoms with van der Waals surface area (Å²) in [5.41, 5.74) is 0.659. The number of unbranched alkanes of at least 4 members (excludes halogenated alkanes) is 6. The molecule has 3 atom stereocenters. The van der Waals surface area contributed by atoms with Crippen molar-refractivity contribution in [3.05, 3.63) is 29.8 Å². The number of likely N-dealkylation sites (tertiary alicyclic amines) is 2. The number of imide groups is 2. The van der Waals surface area contributed by atoms with Gasteiger partial charge in [-0.2, -0.15) is 0 Å². The molecule has 0 aliphatic carbocycles. The predicted molar refractivity (Wildman–Crippen MR) is 423 cm³/mol. The second-order valence-electron chi connectivity index (χ2n) is 27.1. The summed E-state index contributed by atoms with van der Waals surface area (Å²) in [5, 5.41) is 6.89. The topological polar surface area (TPSA) is 373 Å². The number of Topliss-reactive ketones (excluding diaryl/α,β-unsaturated/α-hetero) is 2. The Hall–Kier alpha value is -6.93. The predicted octanol–water partition coefficient (Wildman–Crippen LogP) is 4.96. The molecule has 3 rings (SSSR count). The molecule has 0 aromatic heterocycles. The smallest absolute Gasteiger partial charge is 0.414 e. The number of amides is 11. The number of ketones is 2. The third kappa shape index (κ3) is 44.7. The van der Waals surface area contributed by atoms with Crippen molar-refractivity contribution >= 4 is 100 Å². The van der Waals surface area contributed by atoms with Gasteiger partial charge in [-0.05, 0) is 108 Å². The first-order valence-electron chi connectivity index (χ1n) is 38.7. The first kappa shape index (κ1) is 101. The lowest BCUT2D eigenvalue weighted by Crippen LogP contribution is -2.44. The van der Waals surface area contributed by atoms with Crippen molar-refractivity contribution in [3.8, 4) is 5.75 Å². The van der Waals surface area contributed by atoms with Crippen LogP contribution in [0.5, 0.6) is 5.75 Å². The Balaban J connectivity index is 0.0000426. The van der Waals surface area contributed by atoms with Crippen molar-refractivity contribution in [1.29, 1.82) is 0 Å². The maximum Gasteiger partial charge on any atom is 0.414 e. The quantitative estimate of drug-likeness (QED) is 0.0573. The number of thioether (sulfide) groups is 2. The molecule has 2 aliphatic rings. The van der Waals surface area contributed by atoms with Crippen LogP contribution in [-0.4, -0.2) is 348 Å². The summed E-state index contributed by atoms with van der Waals surface area (Å²) in [6.07, 6.45) is 7.02. The van der Waals surface area contributed by atoms with Gasteiger partial charge in [0.05, 0.1) is 89.7 Å². The molecule has 1 aromatic carbocycles. The first-order chi connectivity index (χ1) is 53.5. The Labute approximate surface area is 671 Å². The molecule has 638 valence electrons. The van der Waals surface area contributed by atoms with Crippen molar-refractivity contribution < 1.29 is 110 Å². The molecule has 0 spiro atoms. The van der Waals surface area contributed by atoms with Gasteiger partial charge in [0.1, 0.15) is 36.6 Å². The summed E-state index contributed by atoms with van der Waals surface area (Å²) in [6, 6.07) is 6.74. The van der Waals surface area contributed by atoms with Gasteiger partial charge in [0, 0.05) is 146 Å². The number of carbonyl (C=O) groups is 13. The fourth-order valence-corrected chi connectivity index (χ4v) is 13.9. The monoisotopic (exact) mass is 1630 g/mol. The second-order valence-corrected chi connectivity index (χ2v) is 29.7. The van der Waals surface area contributed by atoms with E-state index in [0.717, 1.165) is 74.1 Å². The molecule has 2 aliphatic heterocycles. The Morgan fingerprint density at radius 3 is 1.37 bits per heavy atom. The van der Waals surface area contributed by atoms with Gasteiger partial charge in [-0.3, -0.25) is 62.5 Å². The number of hydrogen-bond acceptors (Lipinski definition) is 26. The van der Waals surface area contributed by atoms with Gasteiger partial charge in [-0.1, -0.05) is 45.2 Å². The second kappa shape index (κ2) is 62.4. The van der Waals surface area contributed by atoms with E-state index in [4.69, 9.17) is 47.4 Å². The van der Waals surface area contributed by atoms with E-state index in [0.29, 0.717) is 108 Å². The minimum Gasteiger partial charge on any atom is -0.441 e. The number of methoxy groups -OCH3 is 4. The molecule has 2 fully saturated rings. The summed E-state index contributed by atoms with van der Waals surface area (Å²) >= 11 is 2.84. The molecule has 33 nitrogen and oxygen atoms in total. The Kier molecular flexibility index (Phi) is 56.4. The Bertz CT molecular complexity index is 2810. The van der Waals surface area contributed by atoms with Crippen molar-refractivity contribution in [3.63, 3.8) is 0 Å². The number of nitrogens with zero attached hydrogens (tertiary/aromatic N) is 7. The van der Waals surface area contributed by atoms with E-state index in [-0.39, 0.29) is 185 Å². The van der Waals surface area contributed by atoms with E-state index >= 15 is 0 Å². The number of ether oxygens (including phenoxy) is 10. The number of rotatable bonds is 67. The molecule has 3 unspecified atom stereocenters. The summed E-state index contributed by atoms with van der Waals surface area (Å²) in [4.78, 5) is 180. The van der Waals surface area contributed by atoms with Crippen molar-refractivity contribution in [2.24, 2.45) is 0 Å². The molecule has 112 heavy (non-hydrogen) atoms. The fraction of sp³-hybridized carbons (Fsp3) is 0.753. The van der Waals surface area contributed by atoms with Crippen LogP contribution in [0.2, 0.25) is 0 Å². The maximum atomic E-state index is 14.1. The van der Waals surface area contributed by atoms with Gasteiger partial charge < -0.3 is 87.8 Å². The highest BCUT2D eigenvalue weighted by Gasteiger charge is 2.40. The van der Waals surface area contributed by atoms with Crippen molar-refractivity contribution in [2.45, 2.75) is 152 Å². The van der Waals surface area contributed by atoms with Gasteiger partial charge in [0.15, 0.2) is 0 Å². The van der Waals surface area contributed by atoms with Crippen molar-refractivity contribution in [2.75, 3.05) is 226 Å². The number of hydrogen-bond donors (Lipinski definition) is 3. The molecule has 11 amide bonds. The standard InChI is InChI=1S/C76H126N10O23S2.CH4/c1-77-75(98)109-63(59-25-27-62(28-26-59)108-76(99)81(4)34-20-33-80(2)3)23-17-24-68(91)82(35-13-9-11-15-51-110-64-53-69(92)85(73(64)96)37-29-60(87)21-18-31-78-66(89)55-83(39-41-104-47-43-100-5)71(94)57-106-49-45-102-7)36-14-10-12-16-52-111-65-54-70(93)86(74(65)97)38-30-61(88)22-19-32-79-67(90)56-84(40-42-105-48-44-101-6)72(95)58-107-50-46-103-8;/h25-28,63-65H,9-24,29-58H2,1-8H3,(H,77,98)(H,78,89)(H,79,90);1H4. The fourth-order valence-electron chi connectivity index (χ4n) is 11.5.